The van der Waals surface area contributed by atoms with Crippen molar-refractivity contribution in [3.63, 3.8) is 0 Å². The van der Waals surface area contributed by atoms with E-state index in [4.69, 9.17) is 0 Å². The molecule has 16 heavy (non-hydrogen) atoms. The standard InChI is InChI=1S/C10H12FN5/c1-12-6-10-13-14-15-16(10)7-8-3-2-4-9(11)5-8/h2-5,12H,6-7H2,1H3. The Kier molecular flexibility index (Phi) is 3.21. The number of nitrogens with zero attached hydrogens (tertiary/aromatic N) is 4. The molecule has 2 aromatic rings. The summed E-state index contributed by atoms with van der Waals surface area (Å²) in [6.07, 6.45) is 0. The third-order valence-corrected chi connectivity index (χ3v) is 2.16. The first kappa shape index (κ1) is 10.7. The van der Waals surface area contributed by atoms with Gasteiger partial charge in [0.15, 0.2) is 5.82 Å². The lowest BCUT2D eigenvalue weighted by Crippen LogP contribution is -2.14. The van der Waals surface area contributed by atoms with Crippen molar-refractivity contribution in [2.75, 3.05) is 7.05 Å². The van der Waals surface area contributed by atoms with E-state index in [0.717, 1.165) is 11.4 Å². The molecular formula is C10H12FN5. The van der Waals surface area contributed by atoms with Gasteiger partial charge in [-0.2, -0.15) is 0 Å². The second kappa shape index (κ2) is 4.80. The molecule has 0 aliphatic rings. The molecule has 0 bridgehead atoms. The predicted octanol–water partition coefficient (Wildman–Crippen LogP) is 0.580. The monoisotopic (exact) mass is 221 g/mol. The summed E-state index contributed by atoms with van der Waals surface area (Å²) in [5.74, 6) is 0.479. The minimum Gasteiger partial charge on any atom is -0.313 e. The first-order chi connectivity index (χ1) is 7.79. The molecule has 1 N–H and O–H groups in total. The Labute approximate surface area is 92.3 Å². The number of tetrazole rings is 1. The molecular weight excluding hydrogens is 209 g/mol. The largest absolute Gasteiger partial charge is 0.313 e. The molecule has 1 heterocycles. The Hall–Kier alpha value is -1.82. The van der Waals surface area contributed by atoms with Crippen LogP contribution in [0, 0.1) is 5.82 Å². The van der Waals surface area contributed by atoms with Gasteiger partial charge in [-0.1, -0.05) is 12.1 Å². The molecule has 0 saturated heterocycles. The van der Waals surface area contributed by atoms with Crippen molar-refractivity contribution in [2.24, 2.45) is 0 Å². The lowest BCUT2D eigenvalue weighted by Gasteiger charge is -2.04. The van der Waals surface area contributed by atoms with Crippen LogP contribution < -0.4 is 5.32 Å². The summed E-state index contributed by atoms with van der Waals surface area (Å²) in [7, 11) is 1.82. The molecule has 0 fully saturated rings. The van der Waals surface area contributed by atoms with Crippen LogP contribution in [0.15, 0.2) is 24.3 Å². The maximum Gasteiger partial charge on any atom is 0.165 e. The summed E-state index contributed by atoms with van der Waals surface area (Å²) in [6.45, 7) is 1.06. The maximum absolute atomic E-state index is 13.0. The Morgan fingerprint density at radius 1 is 1.44 bits per heavy atom. The van der Waals surface area contributed by atoms with Gasteiger partial charge < -0.3 is 5.32 Å². The fourth-order valence-corrected chi connectivity index (χ4v) is 1.44. The van der Waals surface area contributed by atoms with Gasteiger partial charge in [0.25, 0.3) is 0 Å². The fourth-order valence-electron chi connectivity index (χ4n) is 1.44. The number of aromatic nitrogens is 4. The molecule has 0 amide bonds. The van der Waals surface area contributed by atoms with Crippen LogP contribution in [0.1, 0.15) is 11.4 Å². The second-order valence-electron chi connectivity index (χ2n) is 3.41. The summed E-state index contributed by atoms with van der Waals surface area (Å²) in [5, 5.41) is 14.3. The second-order valence-corrected chi connectivity index (χ2v) is 3.41. The molecule has 1 aromatic heterocycles. The van der Waals surface area contributed by atoms with Crippen molar-refractivity contribution in [1.29, 1.82) is 0 Å². The molecule has 1 aromatic carbocycles. The van der Waals surface area contributed by atoms with Crippen molar-refractivity contribution in [1.82, 2.24) is 25.5 Å². The fraction of sp³-hybridized carbons (Fsp3) is 0.300. The van der Waals surface area contributed by atoms with E-state index in [-0.39, 0.29) is 5.82 Å². The van der Waals surface area contributed by atoms with Crippen LogP contribution in [-0.4, -0.2) is 27.3 Å². The molecule has 6 heteroatoms. The van der Waals surface area contributed by atoms with E-state index in [1.54, 1.807) is 10.7 Å². The average molecular weight is 221 g/mol. The van der Waals surface area contributed by atoms with E-state index < -0.39 is 0 Å². The lowest BCUT2D eigenvalue weighted by molar-refractivity contribution is 0.591. The summed E-state index contributed by atoms with van der Waals surface area (Å²) in [5.41, 5.74) is 0.838. The van der Waals surface area contributed by atoms with Crippen molar-refractivity contribution in [2.45, 2.75) is 13.1 Å². The van der Waals surface area contributed by atoms with Crippen LogP contribution in [0.2, 0.25) is 0 Å². The average Bonchev–Trinajstić information content (AvgIpc) is 2.66. The predicted molar refractivity (Wildman–Crippen MR) is 56.1 cm³/mol. The van der Waals surface area contributed by atoms with Crippen LogP contribution in [0.3, 0.4) is 0 Å². The first-order valence-electron chi connectivity index (χ1n) is 4.93. The van der Waals surface area contributed by atoms with Gasteiger partial charge in [0, 0.05) is 0 Å². The van der Waals surface area contributed by atoms with Gasteiger partial charge in [-0.3, -0.25) is 0 Å². The molecule has 2 rings (SSSR count). The van der Waals surface area contributed by atoms with Crippen molar-refractivity contribution in [3.8, 4) is 0 Å². The number of benzene rings is 1. The van der Waals surface area contributed by atoms with E-state index in [9.17, 15) is 4.39 Å². The normalized spacial score (nSPS) is 10.6. The molecule has 0 aliphatic heterocycles. The van der Waals surface area contributed by atoms with Crippen molar-refractivity contribution in [3.05, 3.63) is 41.5 Å². The number of hydrogen-bond donors (Lipinski definition) is 1. The Balaban J connectivity index is 2.17. The first-order valence-corrected chi connectivity index (χ1v) is 4.93. The molecule has 84 valence electrons. The van der Waals surface area contributed by atoms with Gasteiger partial charge in [0.2, 0.25) is 0 Å². The molecule has 0 radical (unpaired) electrons. The maximum atomic E-state index is 13.0. The van der Waals surface area contributed by atoms with Gasteiger partial charge in [-0.25, -0.2) is 9.07 Å². The number of nitrogens with one attached hydrogen (secondary N) is 1. The van der Waals surface area contributed by atoms with Crippen molar-refractivity contribution >= 4 is 0 Å². The van der Waals surface area contributed by atoms with Gasteiger partial charge >= 0.3 is 0 Å². The highest BCUT2D eigenvalue weighted by atomic mass is 19.1. The smallest absolute Gasteiger partial charge is 0.165 e. The highest BCUT2D eigenvalue weighted by Crippen LogP contribution is 2.05. The minimum atomic E-state index is -0.249. The highest BCUT2D eigenvalue weighted by molar-refractivity contribution is 5.16. The Morgan fingerprint density at radius 2 is 2.31 bits per heavy atom. The number of hydrogen-bond acceptors (Lipinski definition) is 4. The number of halogens is 1. The zero-order chi connectivity index (χ0) is 11.4. The zero-order valence-electron chi connectivity index (χ0n) is 8.89. The van der Waals surface area contributed by atoms with Gasteiger partial charge in [-0.15, -0.1) is 5.10 Å². The topological polar surface area (TPSA) is 55.6 Å². The van der Waals surface area contributed by atoms with E-state index in [1.807, 2.05) is 13.1 Å². The minimum absolute atomic E-state index is 0.249. The summed E-state index contributed by atoms with van der Waals surface area (Å²) >= 11 is 0. The SMILES string of the molecule is CNCc1nnnn1Cc1cccc(F)c1. The van der Waals surface area contributed by atoms with Gasteiger partial charge in [0.05, 0.1) is 13.1 Å². The Morgan fingerprint density at radius 3 is 3.06 bits per heavy atom. The van der Waals surface area contributed by atoms with Crippen LogP contribution in [0.4, 0.5) is 4.39 Å². The molecule has 0 atom stereocenters. The Bertz CT molecular complexity index is 468. The van der Waals surface area contributed by atoms with Crippen LogP contribution in [-0.2, 0) is 13.1 Å². The highest BCUT2D eigenvalue weighted by Gasteiger charge is 2.05. The summed E-state index contributed by atoms with van der Waals surface area (Å²) in [4.78, 5) is 0. The third kappa shape index (κ3) is 2.40. The number of rotatable bonds is 4. The molecule has 5 nitrogen and oxygen atoms in total. The van der Waals surface area contributed by atoms with Crippen LogP contribution in [0.5, 0.6) is 0 Å². The van der Waals surface area contributed by atoms with E-state index in [0.29, 0.717) is 13.1 Å². The van der Waals surface area contributed by atoms with E-state index in [1.165, 1.54) is 12.1 Å². The molecule has 0 aliphatic carbocycles. The van der Waals surface area contributed by atoms with Gasteiger partial charge in [0.1, 0.15) is 5.82 Å². The summed E-state index contributed by atoms with van der Waals surface area (Å²) in [6, 6.07) is 6.41. The van der Waals surface area contributed by atoms with Crippen molar-refractivity contribution < 1.29 is 4.39 Å². The molecule has 0 spiro atoms. The van der Waals surface area contributed by atoms with E-state index >= 15 is 0 Å². The quantitative estimate of drug-likeness (QED) is 0.820. The lowest BCUT2D eigenvalue weighted by atomic mass is 10.2. The van der Waals surface area contributed by atoms with Gasteiger partial charge in [-0.05, 0) is 35.2 Å². The van der Waals surface area contributed by atoms with Crippen LogP contribution in [0.25, 0.3) is 0 Å². The summed E-state index contributed by atoms with van der Waals surface area (Å²) < 4.78 is 14.6. The van der Waals surface area contributed by atoms with Crippen LogP contribution >= 0.6 is 0 Å². The molecule has 0 unspecified atom stereocenters. The zero-order valence-corrected chi connectivity index (χ0v) is 8.89. The molecule has 0 saturated carbocycles. The third-order valence-electron chi connectivity index (χ3n) is 2.16. The van der Waals surface area contributed by atoms with E-state index in [2.05, 4.69) is 20.8 Å².